The molecule has 4 nitrogen and oxygen atoms in total. The van der Waals surface area contributed by atoms with E-state index in [0.29, 0.717) is 0 Å². The lowest BCUT2D eigenvalue weighted by molar-refractivity contribution is 0.766. The summed E-state index contributed by atoms with van der Waals surface area (Å²) in [6.45, 7) is 3.82. The van der Waals surface area contributed by atoms with Crippen LogP contribution in [0.5, 0.6) is 0 Å². The van der Waals surface area contributed by atoms with Gasteiger partial charge in [0.2, 0.25) is 5.43 Å². The minimum absolute atomic E-state index is 0.0327. The number of hydrogen-bond donors (Lipinski definition) is 0. The third-order valence-electron chi connectivity index (χ3n) is 2.67. The van der Waals surface area contributed by atoms with Gasteiger partial charge in [0.1, 0.15) is 5.69 Å². The maximum Gasteiger partial charge on any atom is 0.204 e. The number of hydrogen-bond acceptors (Lipinski definition) is 3. The van der Waals surface area contributed by atoms with Crippen molar-refractivity contribution in [1.82, 2.24) is 9.78 Å². The lowest BCUT2D eigenvalue weighted by atomic mass is 10.2. The monoisotopic (exact) mass is 239 g/mol. The zero-order chi connectivity index (χ0) is 13.1. The van der Waals surface area contributed by atoms with E-state index in [2.05, 4.69) is 5.10 Å². The van der Waals surface area contributed by atoms with Crippen LogP contribution in [-0.2, 0) is 6.42 Å². The molecule has 0 saturated carbocycles. The summed E-state index contributed by atoms with van der Waals surface area (Å²) in [4.78, 5) is 11.7. The van der Waals surface area contributed by atoms with Gasteiger partial charge in [-0.2, -0.15) is 10.4 Å². The molecule has 4 heteroatoms. The number of aryl methyl sites for hydroxylation is 2. The summed E-state index contributed by atoms with van der Waals surface area (Å²) >= 11 is 0. The van der Waals surface area contributed by atoms with Crippen LogP contribution in [0.2, 0.25) is 0 Å². The van der Waals surface area contributed by atoms with Crippen molar-refractivity contribution in [1.29, 1.82) is 5.26 Å². The van der Waals surface area contributed by atoms with Crippen LogP contribution in [0.3, 0.4) is 0 Å². The second-order valence-electron chi connectivity index (χ2n) is 4.18. The molecule has 1 aromatic carbocycles. The highest BCUT2D eigenvalue weighted by molar-refractivity contribution is 5.36. The third-order valence-corrected chi connectivity index (χ3v) is 2.67. The normalized spacial score (nSPS) is 10.1. The molecule has 2 aromatic rings. The van der Waals surface area contributed by atoms with Crippen molar-refractivity contribution in [3.05, 3.63) is 57.5 Å². The number of aromatic nitrogens is 2. The van der Waals surface area contributed by atoms with Crippen molar-refractivity contribution in [3.63, 3.8) is 0 Å². The van der Waals surface area contributed by atoms with Gasteiger partial charge in [-0.15, -0.1) is 0 Å². The molecule has 0 radical (unpaired) electrons. The molecule has 1 heterocycles. The zero-order valence-corrected chi connectivity index (χ0v) is 10.3. The molecule has 0 aliphatic heterocycles. The quantitative estimate of drug-likeness (QED) is 0.804. The number of nitrogens with zero attached hydrogens (tertiary/aromatic N) is 3. The highest BCUT2D eigenvalue weighted by Gasteiger charge is 2.07. The lowest BCUT2D eigenvalue weighted by Gasteiger charge is -2.10. The van der Waals surface area contributed by atoms with E-state index in [1.165, 1.54) is 6.07 Å². The zero-order valence-electron chi connectivity index (χ0n) is 10.3. The summed E-state index contributed by atoms with van der Waals surface area (Å²) in [7, 11) is 0. The van der Waals surface area contributed by atoms with Gasteiger partial charge in [0.15, 0.2) is 0 Å². The van der Waals surface area contributed by atoms with Crippen molar-refractivity contribution >= 4 is 0 Å². The van der Waals surface area contributed by atoms with Gasteiger partial charge in [-0.3, -0.25) is 4.79 Å². The van der Waals surface area contributed by atoms with Gasteiger partial charge in [0.25, 0.3) is 0 Å². The fourth-order valence-corrected chi connectivity index (χ4v) is 1.80. The lowest BCUT2D eigenvalue weighted by Crippen LogP contribution is -2.18. The van der Waals surface area contributed by atoms with Gasteiger partial charge in [-0.25, -0.2) is 4.68 Å². The highest BCUT2D eigenvalue weighted by Crippen LogP contribution is 2.10. The van der Waals surface area contributed by atoms with Gasteiger partial charge in [-0.1, -0.05) is 12.1 Å². The predicted octanol–water partition coefficient (Wildman–Crippen LogP) is 1.92. The van der Waals surface area contributed by atoms with Crippen molar-refractivity contribution in [3.8, 4) is 11.8 Å². The Morgan fingerprint density at radius 1 is 1.33 bits per heavy atom. The van der Waals surface area contributed by atoms with Crippen LogP contribution >= 0.6 is 0 Å². The van der Waals surface area contributed by atoms with E-state index in [1.807, 2.05) is 44.2 Å². The van der Waals surface area contributed by atoms with Crippen LogP contribution in [0.15, 0.2) is 35.1 Å². The first-order valence-electron chi connectivity index (χ1n) is 5.65. The van der Waals surface area contributed by atoms with Crippen molar-refractivity contribution in [2.24, 2.45) is 0 Å². The van der Waals surface area contributed by atoms with Crippen LogP contribution in [0.4, 0.5) is 0 Å². The molecule has 0 N–H and O–H groups in total. The summed E-state index contributed by atoms with van der Waals surface area (Å²) in [6.07, 6.45) is 0.0327. The van der Waals surface area contributed by atoms with E-state index >= 15 is 0 Å². The van der Waals surface area contributed by atoms with E-state index in [-0.39, 0.29) is 17.5 Å². The number of benzene rings is 1. The van der Waals surface area contributed by atoms with Crippen LogP contribution in [0.25, 0.3) is 5.69 Å². The first-order chi connectivity index (χ1) is 8.61. The summed E-state index contributed by atoms with van der Waals surface area (Å²) < 4.78 is 1.70. The maximum absolute atomic E-state index is 11.7. The number of nitriles is 1. The number of rotatable bonds is 2. The fraction of sp³-hybridized carbons (Fsp3) is 0.214. The fourth-order valence-electron chi connectivity index (χ4n) is 1.80. The van der Waals surface area contributed by atoms with E-state index in [9.17, 15) is 4.79 Å². The minimum Gasteiger partial charge on any atom is -0.288 e. The second-order valence-corrected chi connectivity index (χ2v) is 4.18. The SMILES string of the molecule is Cc1cccc(-n2nc(CC#N)c(=O)cc2C)c1. The van der Waals surface area contributed by atoms with Gasteiger partial charge in [0.05, 0.1) is 18.2 Å². The van der Waals surface area contributed by atoms with Gasteiger partial charge >= 0.3 is 0 Å². The molecule has 0 amide bonds. The molecule has 0 spiro atoms. The van der Waals surface area contributed by atoms with E-state index in [0.717, 1.165) is 16.9 Å². The Balaban J connectivity index is 2.61. The Labute approximate surface area is 105 Å². The Morgan fingerprint density at radius 2 is 2.11 bits per heavy atom. The smallest absolute Gasteiger partial charge is 0.204 e. The van der Waals surface area contributed by atoms with Gasteiger partial charge in [0, 0.05) is 11.8 Å². The van der Waals surface area contributed by atoms with Crippen molar-refractivity contribution in [2.45, 2.75) is 20.3 Å². The molecule has 18 heavy (non-hydrogen) atoms. The summed E-state index contributed by atoms with van der Waals surface area (Å²) in [5, 5.41) is 12.9. The Bertz CT molecular complexity index is 680. The summed E-state index contributed by atoms with van der Waals surface area (Å²) in [6, 6.07) is 11.3. The molecular weight excluding hydrogens is 226 g/mol. The maximum atomic E-state index is 11.7. The Hall–Kier alpha value is -2.41. The van der Waals surface area contributed by atoms with Gasteiger partial charge in [-0.05, 0) is 31.5 Å². The van der Waals surface area contributed by atoms with Crippen molar-refractivity contribution < 1.29 is 0 Å². The third kappa shape index (κ3) is 2.30. The largest absolute Gasteiger partial charge is 0.288 e. The molecule has 0 aliphatic rings. The molecule has 0 unspecified atom stereocenters. The second kappa shape index (κ2) is 4.84. The summed E-state index contributed by atoms with van der Waals surface area (Å²) in [5.41, 5.74) is 2.87. The molecule has 2 rings (SSSR count). The topological polar surface area (TPSA) is 58.7 Å². The first-order valence-corrected chi connectivity index (χ1v) is 5.65. The van der Waals surface area contributed by atoms with Crippen LogP contribution in [0.1, 0.15) is 17.0 Å². The highest BCUT2D eigenvalue weighted by atomic mass is 16.1. The predicted molar refractivity (Wildman–Crippen MR) is 68.6 cm³/mol. The Kier molecular flexibility index (Phi) is 3.24. The molecule has 0 atom stereocenters. The van der Waals surface area contributed by atoms with Crippen LogP contribution in [0, 0.1) is 25.2 Å². The molecular formula is C14H13N3O. The van der Waals surface area contributed by atoms with E-state index in [4.69, 9.17) is 5.26 Å². The Morgan fingerprint density at radius 3 is 2.78 bits per heavy atom. The average Bonchev–Trinajstić information content (AvgIpc) is 2.33. The minimum atomic E-state index is -0.182. The van der Waals surface area contributed by atoms with Gasteiger partial charge < -0.3 is 0 Å². The van der Waals surface area contributed by atoms with E-state index in [1.54, 1.807) is 4.68 Å². The van der Waals surface area contributed by atoms with Crippen LogP contribution < -0.4 is 5.43 Å². The molecule has 1 aromatic heterocycles. The van der Waals surface area contributed by atoms with Crippen molar-refractivity contribution in [2.75, 3.05) is 0 Å². The summed E-state index contributed by atoms with van der Waals surface area (Å²) in [5.74, 6) is 0. The van der Waals surface area contributed by atoms with Crippen LogP contribution in [-0.4, -0.2) is 9.78 Å². The molecule has 0 bridgehead atoms. The first kappa shape index (κ1) is 12.1. The van der Waals surface area contributed by atoms with E-state index < -0.39 is 0 Å². The molecule has 0 saturated heterocycles. The standard InChI is InChI=1S/C14H13N3O/c1-10-4-3-5-12(8-10)17-11(2)9-14(18)13(16-17)6-7-15/h3-5,8-9H,6H2,1-2H3. The molecule has 90 valence electrons. The molecule has 0 fully saturated rings. The average molecular weight is 239 g/mol. The molecule has 0 aliphatic carbocycles.